The highest BCUT2D eigenvalue weighted by molar-refractivity contribution is 5.49. The lowest BCUT2D eigenvalue weighted by Gasteiger charge is -2.47. The van der Waals surface area contributed by atoms with Gasteiger partial charge < -0.3 is 10.5 Å². The third-order valence-electron chi connectivity index (χ3n) is 4.45. The van der Waals surface area contributed by atoms with E-state index < -0.39 is 0 Å². The number of ether oxygens (including phenoxy) is 1. The molecule has 1 aliphatic carbocycles. The van der Waals surface area contributed by atoms with E-state index in [0.29, 0.717) is 11.4 Å². The number of hydrogen-bond acceptors (Lipinski definition) is 4. The third kappa shape index (κ3) is 2.63. The Labute approximate surface area is 126 Å². The second-order valence-electron chi connectivity index (χ2n) is 7.68. The lowest BCUT2D eigenvalue weighted by molar-refractivity contribution is -0.0336. The van der Waals surface area contributed by atoms with E-state index in [9.17, 15) is 5.26 Å². The molecule has 1 spiro atoms. The Kier molecular flexibility index (Phi) is 3.22. The van der Waals surface area contributed by atoms with Crippen LogP contribution in [0.1, 0.15) is 69.4 Å². The van der Waals surface area contributed by atoms with Crippen LogP contribution in [0.2, 0.25) is 0 Å². The number of aromatic nitrogens is 1. The Morgan fingerprint density at radius 2 is 2.19 bits per heavy atom. The first kappa shape index (κ1) is 14.3. The van der Waals surface area contributed by atoms with Gasteiger partial charge in [0.25, 0.3) is 0 Å². The minimum absolute atomic E-state index is 0.0529. The SMILES string of the molecule is CC(C)(C)Cc1cc2c(c(C#N)n1)OC1(CCC1)C[C@@H]2N. The van der Waals surface area contributed by atoms with E-state index in [-0.39, 0.29) is 17.1 Å². The van der Waals surface area contributed by atoms with Gasteiger partial charge in [-0.2, -0.15) is 5.26 Å². The lowest BCUT2D eigenvalue weighted by Crippen LogP contribution is -2.48. The molecule has 1 atom stereocenters. The van der Waals surface area contributed by atoms with Gasteiger partial charge in [-0.05, 0) is 37.2 Å². The summed E-state index contributed by atoms with van der Waals surface area (Å²) < 4.78 is 6.17. The topological polar surface area (TPSA) is 71.9 Å². The minimum atomic E-state index is -0.134. The van der Waals surface area contributed by atoms with Crippen LogP contribution in [-0.4, -0.2) is 10.6 Å². The summed E-state index contributed by atoms with van der Waals surface area (Å²) in [5.74, 6) is 0.633. The molecule has 1 saturated carbocycles. The van der Waals surface area contributed by atoms with Crippen molar-refractivity contribution in [3.8, 4) is 11.8 Å². The first-order valence-electron chi connectivity index (χ1n) is 7.70. The van der Waals surface area contributed by atoms with Crippen LogP contribution in [0.3, 0.4) is 0 Å². The van der Waals surface area contributed by atoms with Crippen LogP contribution in [0.4, 0.5) is 0 Å². The molecule has 1 aromatic heterocycles. The molecule has 112 valence electrons. The smallest absolute Gasteiger partial charge is 0.183 e. The Morgan fingerprint density at radius 3 is 2.71 bits per heavy atom. The Morgan fingerprint density at radius 1 is 1.48 bits per heavy atom. The first-order valence-corrected chi connectivity index (χ1v) is 7.70. The van der Waals surface area contributed by atoms with E-state index in [4.69, 9.17) is 10.5 Å². The highest BCUT2D eigenvalue weighted by Gasteiger charge is 2.45. The molecule has 2 aliphatic rings. The fourth-order valence-electron chi connectivity index (χ4n) is 3.35. The summed E-state index contributed by atoms with van der Waals surface area (Å²) in [6, 6.07) is 4.18. The zero-order valence-corrected chi connectivity index (χ0v) is 13.1. The van der Waals surface area contributed by atoms with Crippen LogP contribution in [0, 0.1) is 16.7 Å². The van der Waals surface area contributed by atoms with E-state index >= 15 is 0 Å². The molecule has 0 aromatic carbocycles. The largest absolute Gasteiger partial charge is 0.484 e. The molecule has 0 unspecified atom stereocenters. The first-order chi connectivity index (χ1) is 9.82. The quantitative estimate of drug-likeness (QED) is 0.859. The summed E-state index contributed by atoms with van der Waals surface area (Å²) in [6.45, 7) is 6.50. The molecule has 4 nitrogen and oxygen atoms in total. The highest BCUT2D eigenvalue weighted by atomic mass is 16.5. The Balaban J connectivity index is 2.02. The molecule has 0 amide bonds. The van der Waals surface area contributed by atoms with Crippen molar-refractivity contribution in [2.45, 2.75) is 64.5 Å². The summed E-state index contributed by atoms with van der Waals surface area (Å²) in [5.41, 5.74) is 8.65. The molecule has 1 aliphatic heterocycles. The average molecular weight is 285 g/mol. The number of rotatable bonds is 1. The number of fused-ring (bicyclic) bond motifs is 1. The van der Waals surface area contributed by atoms with Crippen molar-refractivity contribution in [3.05, 3.63) is 23.0 Å². The number of nitriles is 1. The number of nitrogens with two attached hydrogens (primary N) is 1. The van der Waals surface area contributed by atoms with E-state index in [1.54, 1.807) is 0 Å². The van der Waals surface area contributed by atoms with Gasteiger partial charge in [0.05, 0.1) is 0 Å². The second-order valence-corrected chi connectivity index (χ2v) is 7.68. The maximum absolute atomic E-state index is 9.43. The lowest BCUT2D eigenvalue weighted by atomic mass is 9.73. The van der Waals surface area contributed by atoms with Crippen LogP contribution in [0.5, 0.6) is 5.75 Å². The van der Waals surface area contributed by atoms with E-state index in [1.807, 2.05) is 6.07 Å². The standard InChI is InChI=1S/C17H23N3O/c1-16(2,3)8-11-7-12-13(19)9-17(5-4-6-17)21-15(12)14(10-18)20-11/h7,13H,4-6,8-9,19H2,1-3H3/t13-/m0/s1. The predicted molar refractivity (Wildman–Crippen MR) is 80.9 cm³/mol. The van der Waals surface area contributed by atoms with Gasteiger partial charge in [0.1, 0.15) is 11.7 Å². The van der Waals surface area contributed by atoms with Crippen molar-refractivity contribution in [1.82, 2.24) is 4.98 Å². The summed E-state index contributed by atoms with van der Waals surface area (Å²) in [4.78, 5) is 4.51. The van der Waals surface area contributed by atoms with Crippen LogP contribution in [-0.2, 0) is 6.42 Å². The van der Waals surface area contributed by atoms with Gasteiger partial charge in [0, 0.05) is 23.7 Å². The Hall–Kier alpha value is -1.60. The monoisotopic (exact) mass is 285 g/mol. The molecule has 4 heteroatoms. The van der Waals surface area contributed by atoms with Gasteiger partial charge in [-0.3, -0.25) is 0 Å². The van der Waals surface area contributed by atoms with E-state index in [2.05, 4.69) is 31.8 Å². The molecule has 2 N–H and O–H groups in total. The fourth-order valence-corrected chi connectivity index (χ4v) is 3.35. The molecule has 2 heterocycles. The van der Waals surface area contributed by atoms with E-state index in [1.165, 1.54) is 6.42 Å². The fraction of sp³-hybridized carbons (Fsp3) is 0.647. The Bertz CT molecular complexity index is 606. The van der Waals surface area contributed by atoms with Crippen molar-refractivity contribution in [2.75, 3.05) is 0 Å². The van der Waals surface area contributed by atoms with Crippen LogP contribution in [0.25, 0.3) is 0 Å². The number of hydrogen-bond donors (Lipinski definition) is 1. The molecule has 1 fully saturated rings. The van der Waals surface area contributed by atoms with Crippen molar-refractivity contribution < 1.29 is 4.74 Å². The van der Waals surface area contributed by atoms with Gasteiger partial charge in [-0.15, -0.1) is 0 Å². The van der Waals surface area contributed by atoms with Crippen molar-refractivity contribution in [3.63, 3.8) is 0 Å². The molecular formula is C17H23N3O. The zero-order valence-electron chi connectivity index (χ0n) is 13.1. The molecule has 0 bridgehead atoms. The van der Waals surface area contributed by atoms with Crippen molar-refractivity contribution in [1.29, 1.82) is 5.26 Å². The third-order valence-corrected chi connectivity index (χ3v) is 4.45. The number of nitrogens with zero attached hydrogens (tertiary/aromatic N) is 2. The molecular weight excluding hydrogens is 262 g/mol. The van der Waals surface area contributed by atoms with E-state index in [0.717, 1.165) is 36.9 Å². The summed E-state index contributed by atoms with van der Waals surface area (Å²) in [5, 5.41) is 9.43. The van der Waals surface area contributed by atoms with Crippen molar-refractivity contribution >= 4 is 0 Å². The van der Waals surface area contributed by atoms with Crippen LogP contribution < -0.4 is 10.5 Å². The van der Waals surface area contributed by atoms with Gasteiger partial charge in [0.2, 0.25) is 0 Å². The molecule has 0 saturated heterocycles. The maximum atomic E-state index is 9.43. The molecule has 3 rings (SSSR count). The van der Waals surface area contributed by atoms with Gasteiger partial charge in [-0.1, -0.05) is 20.8 Å². The highest BCUT2D eigenvalue weighted by Crippen LogP contribution is 2.49. The van der Waals surface area contributed by atoms with Crippen molar-refractivity contribution in [2.24, 2.45) is 11.1 Å². The van der Waals surface area contributed by atoms with Gasteiger partial charge >= 0.3 is 0 Å². The predicted octanol–water partition coefficient (Wildman–Crippen LogP) is 3.25. The van der Waals surface area contributed by atoms with Crippen LogP contribution in [0.15, 0.2) is 6.07 Å². The normalized spacial score (nSPS) is 22.9. The summed E-state index contributed by atoms with van der Waals surface area (Å²) >= 11 is 0. The van der Waals surface area contributed by atoms with Gasteiger partial charge in [-0.25, -0.2) is 4.98 Å². The second kappa shape index (κ2) is 4.71. The average Bonchev–Trinajstić information content (AvgIpc) is 2.34. The number of pyridine rings is 1. The minimum Gasteiger partial charge on any atom is -0.484 e. The summed E-state index contributed by atoms with van der Waals surface area (Å²) in [7, 11) is 0. The van der Waals surface area contributed by atoms with Gasteiger partial charge in [0.15, 0.2) is 11.4 Å². The molecule has 0 radical (unpaired) electrons. The van der Waals surface area contributed by atoms with Crippen LogP contribution >= 0.6 is 0 Å². The summed E-state index contributed by atoms with van der Waals surface area (Å²) in [6.07, 6.45) is 4.93. The zero-order chi connectivity index (χ0) is 15.3. The molecule has 21 heavy (non-hydrogen) atoms. The molecule has 1 aromatic rings. The maximum Gasteiger partial charge on any atom is 0.183 e.